The Balaban J connectivity index is 2.90. The van der Waals surface area contributed by atoms with Crippen molar-refractivity contribution >= 4 is 33.4 Å². The van der Waals surface area contributed by atoms with Crippen LogP contribution < -0.4 is 0 Å². The molecule has 0 radical (unpaired) electrons. The fraction of sp³-hybridized carbons (Fsp3) is 0.364. The molecule has 0 N–H and O–H groups in total. The molecule has 2 nitrogen and oxygen atoms in total. The zero-order valence-electron chi connectivity index (χ0n) is 9.18. The number of nitrogens with zero attached hydrogens (tertiary/aromatic N) is 1. The van der Waals surface area contributed by atoms with Gasteiger partial charge in [0.1, 0.15) is 5.82 Å². The van der Waals surface area contributed by atoms with E-state index >= 15 is 0 Å². The highest BCUT2D eigenvalue weighted by Gasteiger charge is 2.20. The van der Waals surface area contributed by atoms with Gasteiger partial charge in [-0.1, -0.05) is 27.5 Å². The summed E-state index contributed by atoms with van der Waals surface area (Å²) in [5, 5.41) is 0.245. The minimum atomic E-state index is -2.63. The molecule has 1 aromatic carbocycles. The lowest BCUT2D eigenvalue weighted by Crippen LogP contribution is -2.36. The first kappa shape index (κ1) is 15.3. The van der Waals surface area contributed by atoms with Crippen molar-refractivity contribution in [3.63, 3.8) is 0 Å². The van der Waals surface area contributed by atoms with E-state index in [2.05, 4.69) is 15.9 Å². The number of alkyl halides is 3. The van der Waals surface area contributed by atoms with E-state index < -0.39 is 24.7 Å². The molecular weight excluding hydrogens is 334 g/mol. The lowest BCUT2D eigenvalue weighted by atomic mass is 10.2. The highest BCUT2D eigenvalue weighted by atomic mass is 79.9. The van der Waals surface area contributed by atoms with Crippen molar-refractivity contribution in [2.45, 2.75) is 6.43 Å². The summed E-state index contributed by atoms with van der Waals surface area (Å²) in [5.41, 5.74) is -0.00139. The van der Waals surface area contributed by atoms with Gasteiger partial charge in [-0.2, -0.15) is 0 Å². The van der Waals surface area contributed by atoms with Crippen LogP contribution in [0, 0.1) is 5.82 Å². The predicted molar refractivity (Wildman–Crippen MR) is 67.1 cm³/mol. The monoisotopic (exact) mass is 343 g/mol. The van der Waals surface area contributed by atoms with Gasteiger partial charge in [-0.3, -0.25) is 4.79 Å². The number of rotatable bonds is 5. The molecule has 0 spiro atoms. The average molecular weight is 345 g/mol. The van der Waals surface area contributed by atoms with Crippen molar-refractivity contribution < 1.29 is 18.0 Å². The van der Waals surface area contributed by atoms with Gasteiger partial charge in [0.05, 0.1) is 11.6 Å². The number of hydrogen-bond acceptors (Lipinski definition) is 1. The Morgan fingerprint density at radius 2 is 2.11 bits per heavy atom. The van der Waals surface area contributed by atoms with Crippen LogP contribution in [0.25, 0.3) is 0 Å². The molecule has 1 amide bonds. The van der Waals surface area contributed by atoms with Gasteiger partial charge in [-0.15, -0.1) is 0 Å². The molecule has 1 rings (SSSR count). The Labute approximate surface area is 116 Å². The van der Waals surface area contributed by atoms with Gasteiger partial charge in [0, 0.05) is 17.4 Å². The molecule has 0 fully saturated rings. The van der Waals surface area contributed by atoms with E-state index in [1.807, 2.05) is 0 Å². The van der Waals surface area contributed by atoms with E-state index in [1.54, 1.807) is 0 Å². The fourth-order valence-electron chi connectivity index (χ4n) is 1.36. The molecule has 0 aliphatic rings. The van der Waals surface area contributed by atoms with Crippen LogP contribution in [0.15, 0.2) is 18.2 Å². The molecule has 0 heterocycles. The summed E-state index contributed by atoms with van der Waals surface area (Å²) in [5.74, 6) is -1.40. The number of halogens is 5. The third-order valence-corrected chi connectivity index (χ3v) is 2.83. The molecular formula is C11H10BrClF3NO. The van der Waals surface area contributed by atoms with Crippen LogP contribution in [0.2, 0.25) is 5.02 Å². The summed E-state index contributed by atoms with van der Waals surface area (Å²) in [4.78, 5) is 12.9. The van der Waals surface area contributed by atoms with E-state index in [9.17, 15) is 18.0 Å². The first-order valence-electron chi connectivity index (χ1n) is 5.04. The third kappa shape index (κ3) is 4.17. The molecule has 0 unspecified atom stereocenters. The van der Waals surface area contributed by atoms with Crippen molar-refractivity contribution in [2.75, 3.05) is 18.4 Å². The molecule has 0 aliphatic carbocycles. The summed E-state index contributed by atoms with van der Waals surface area (Å²) in [6.07, 6.45) is -2.63. The molecule has 0 atom stereocenters. The molecule has 1 aromatic rings. The average Bonchev–Trinajstić information content (AvgIpc) is 2.31. The van der Waals surface area contributed by atoms with Crippen LogP contribution >= 0.6 is 27.5 Å². The summed E-state index contributed by atoms with van der Waals surface area (Å²) in [6, 6.07) is 3.47. The Kier molecular flexibility index (Phi) is 5.95. The molecule has 0 aliphatic heterocycles. The molecule has 0 aromatic heterocycles. The summed E-state index contributed by atoms with van der Waals surface area (Å²) in [7, 11) is 0. The van der Waals surface area contributed by atoms with E-state index in [-0.39, 0.29) is 17.1 Å². The van der Waals surface area contributed by atoms with E-state index in [0.29, 0.717) is 5.33 Å². The Morgan fingerprint density at radius 1 is 1.44 bits per heavy atom. The molecule has 7 heteroatoms. The second-order valence-corrected chi connectivity index (χ2v) is 4.66. The predicted octanol–water partition coefficient (Wildman–Crippen LogP) is 3.58. The van der Waals surface area contributed by atoms with Crippen molar-refractivity contribution in [2.24, 2.45) is 0 Å². The largest absolute Gasteiger partial charge is 0.332 e. The quantitative estimate of drug-likeness (QED) is 0.748. The van der Waals surface area contributed by atoms with Crippen LogP contribution in [0.4, 0.5) is 13.2 Å². The number of benzene rings is 1. The minimum absolute atomic E-state index is 0.00139. The van der Waals surface area contributed by atoms with E-state index in [4.69, 9.17) is 11.6 Å². The molecule has 0 saturated carbocycles. The number of hydrogen-bond donors (Lipinski definition) is 0. The molecule has 0 saturated heterocycles. The first-order chi connectivity index (χ1) is 8.45. The van der Waals surface area contributed by atoms with Gasteiger partial charge in [-0.05, 0) is 18.2 Å². The second-order valence-electron chi connectivity index (χ2n) is 3.46. The van der Waals surface area contributed by atoms with Crippen molar-refractivity contribution in [1.29, 1.82) is 0 Å². The maximum absolute atomic E-state index is 13.2. The smallest absolute Gasteiger partial charge is 0.255 e. The summed E-state index contributed by atoms with van der Waals surface area (Å²) in [6.45, 7) is -0.567. The van der Waals surface area contributed by atoms with Crippen molar-refractivity contribution in [3.8, 4) is 0 Å². The van der Waals surface area contributed by atoms with Gasteiger partial charge in [0.25, 0.3) is 12.3 Å². The van der Waals surface area contributed by atoms with Gasteiger partial charge in [0.15, 0.2) is 0 Å². The van der Waals surface area contributed by atoms with Crippen LogP contribution in [0.3, 0.4) is 0 Å². The highest BCUT2D eigenvalue weighted by molar-refractivity contribution is 9.09. The lowest BCUT2D eigenvalue weighted by Gasteiger charge is -2.21. The SMILES string of the molecule is O=C(c1ccc(Cl)c(F)c1)N(CCBr)CC(F)F. The van der Waals surface area contributed by atoms with Gasteiger partial charge >= 0.3 is 0 Å². The van der Waals surface area contributed by atoms with Crippen molar-refractivity contribution in [1.82, 2.24) is 4.90 Å². The fourth-order valence-corrected chi connectivity index (χ4v) is 1.90. The lowest BCUT2D eigenvalue weighted by molar-refractivity contribution is 0.0572. The topological polar surface area (TPSA) is 20.3 Å². The maximum Gasteiger partial charge on any atom is 0.255 e. The van der Waals surface area contributed by atoms with Crippen molar-refractivity contribution in [3.05, 3.63) is 34.6 Å². The summed E-state index contributed by atoms with van der Waals surface area (Å²) >= 11 is 8.56. The maximum atomic E-state index is 13.2. The Bertz CT molecular complexity index is 431. The van der Waals surface area contributed by atoms with E-state index in [1.165, 1.54) is 12.1 Å². The van der Waals surface area contributed by atoms with Crippen LogP contribution in [0.5, 0.6) is 0 Å². The third-order valence-electron chi connectivity index (χ3n) is 2.17. The summed E-state index contributed by atoms with van der Waals surface area (Å²) < 4.78 is 37.8. The van der Waals surface area contributed by atoms with Crippen LogP contribution in [-0.2, 0) is 0 Å². The van der Waals surface area contributed by atoms with Crippen LogP contribution in [-0.4, -0.2) is 35.7 Å². The molecule has 100 valence electrons. The zero-order valence-corrected chi connectivity index (χ0v) is 11.5. The molecule has 18 heavy (non-hydrogen) atoms. The highest BCUT2D eigenvalue weighted by Crippen LogP contribution is 2.17. The Morgan fingerprint density at radius 3 is 2.61 bits per heavy atom. The Hall–Kier alpha value is -0.750. The number of amides is 1. The van der Waals surface area contributed by atoms with E-state index in [0.717, 1.165) is 11.0 Å². The second kappa shape index (κ2) is 6.99. The standard InChI is InChI=1S/C11H10BrClF3NO/c12-3-4-17(6-10(15)16)11(18)7-1-2-8(13)9(14)5-7/h1-2,5,10H,3-4,6H2. The number of carbonyl (C=O) groups is 1. The first-order valence-corrected chi connectivity index (χ1v) is 6.54. The number of carbonyl (C=O) groups excluding carboxylic acids is 1. The zero-order chi connectivity index (χ0) is 13.7. The molecule has 0 bridgehead atoms. The van der Waals surface area contributed by atoms with Gasteiger partial charge in [-0.25, -0.2) is 13.2 Å². The normalized spacial score (nSPS) is 10.8. The van der Waals surface area contributed by atoms with Gasteiger partial charge < -0.3 is 4.90 Å². The van der Waals surface area contributed by atoms with Gasteiger partial charge in [0.2, 0.25) is 0 Å². The van der Waals surface area contributed by atoms with Crippen LogP contribution in [0.1, 0.15) is 10.4 Å². The minimum Gasteiger partial charge on any atom is -0.332 e.